The van der Waals surface area contributed by atoms with Crippen molar-refractivity contribution in [1.29, 1.82) is 0 Å². The van der Waals surface area contributed by atoms with Gasteiger partial charge in [0.2, 0.25) is 5.91 Å². The summed E-state index contributed by atoms with van der Waals surface area (Å²) in [4.78, 5) is 10.5. The standard InChI is InChI=1S/C10H11BrClNO/c1-6-2-3-7(9(12)4-6)5-8(11)10(13)14/h2-4,8H,5H2,1H3,(H2,13,14). The lowest BCUT2D eigenvalue weighted by atomic mass is 10.1. The van der Waals surface area contributed by atoms with Crippen LogP contribution >= 0.6 is 27.5 Å². The summed E-state index contributed by atoms with van der Waals surface area (Å²) >= 11 is 9.20. The topological polar surface area (TPSA) is 43.1 Å². The molecular formula is C10H11BrClNO. The number of aryl methyl sites for hydroxylation is 1. The quantitative estimate of drug-likeness (QED) is 0.847. The fourth-order valence-corrected chi connectivity index (χ4v) is 1.77. The largest absolute Gasteiger partial charge is 0.369 e. The molecular weight excluding hydrogens is 265 g/mol. The molecule has 1 aromatic rings. The van der Waals surface area contributed by atoms with Crippen molar-refractivity contribution >= 4 is 33.4 Å². The van der Waals surface area contributed by atoms with Gasteiger partial charge in [-0.1, -0.05) is 39.7 Å². The summed E-state index contributed by atoms with van der Waals surface area (Å²) in [5, 5.41) is 0.677. The van der Waals surface area contributed by atoms with Gasteiger partial charge < -0.3 is 5.73 Å². The number of benzene rings is 1. The van der Waals surface area contributed by atoms with E-state index in [0.717, 1.165) is 11.1 Å². The highest BCUT2D eigenvalue weighted by molar-refractivity contribution is 9.10. The Bertz CT molecular complexity index is 354. The van der Waals surface area contributed by atoms with Gasteiger partial charge in [0.25, 0.3) is 0 Å². The van der Waals surface area contributed by atoms with Crippen molar-refractivity contribution < 1.29 is 4.79 Å². The Labute approximate surface area is 96.6 Å². The van der Waals surface area contributed by atoms with Crippen molar-refractivity contribution in [2.45, 2.75) is 18.2 Å². The van der Waals surface area contributed by atoms with Crippen LogP contribution in [0.3, 0.4) is 0 Å². The maximum absolute atomic E-state index is 10.8. The zero-order valence-electron chi connectivity index (χ0n) is 7.76. The van der Waals surface area contributed by atoms with E-state index in [1.165, 1.54) is 0 Å². The van der Waals surface area contributed by atoms with Crippen molar-refractivity contribution in [3.8, 4) is 0 Å². The van der Waals surface area contributed by atoms with Gasteiger partial charge in [0.15, 0.2) is 0 Å². The fourth-order valence-electron chi connectivity index (χ4n) is 1.11. The molecule has 1 rings (SSSR count). The van der Waals surface area contributed by atoms with E-state index >= 15 is 0 Å². The highest BCUT2D eigenvalue weighted by Gasteiger charge is 2.13. The maximum Gasteiger partial charge on any atom is 0.231 e. The highest BCUT2D eigenvalue weighted by atomic mass is 79.9. The van der Waals surface area contributed by atoms with Gasteiger partial charge in [-0.25, -0.2) is 0 Å². The number of hydrogen-bond acceptors (Lipinski definition) is 1. The lowest BCUT2D eigenvalue weighted by molar-refractivity contribution is -0.117. The van der Waals surface area contributed by atoms with Gasteiger partial charge in [-0.3, -0.25) is 4.79 Å². The summed E-state index contributed by atoms with van der Waals surface area (Å²) in [6.45, 7) is 1.97. The normalized spacial score (nSPS) is 12.5. The molecule has 0 saturated heterocycles. The number of rotatable bonds is 3. The van der Waals surface area contributed by atoms with Crippen LogP contribution in [0.2, 0.25) is 5.02 Å². The Balaban J connectivity index is 2.82. The van der Waals surface area contributed by atoms with Crippen LogP contribution in [-0.2, 0) is 11.2 Å². The molecule has 0 aromatic heterocycles. The summed E-state index contributed by atoms with van der Waals surface area (Å²) in [6.07, 6.45) is 0.522. The van der Waals surface area contributed by atoms with Crippen LogP contribution in [0.4, 0.5) is 0 Å². The minimum atomic E-state index is -0.373. The second kappa shape index (κ2) is 4.80. The predicted octanol–water partition coefficient (Wildman–Crippen LogP) is 2.44. The minimum absolute atomic E-state index is 0.359. The molecule has 1 atom stereocenters. The molecule has 1 aromatic carbocycles. The molecule has 0 bridgehead atoms. The third kappa shape index (κ3) is 3.00. The van der Waals surface area contributed by atoms with Crippen LogP contribution in [0.1, 0.15) is 11.1 Å². The lowest BCUT2D eigenvalue weighted by Gasteiger charge is -2.07. The minimum Gasteiger partial charge on any atom is -0.369 e. The molecule has 14 heavy (non-hydrogen) atoms. The van der Waals surface area contributed by atoms with E-state index in [-0.39, 0.29) is 10.7 Å². The number of halogens is 2. The first kappa shape index (κ1) is 11.5. The van der Waals surface area contributed by atoms with Crippen molar-refractivity contribution in [3.63, 3.8) is 0 Å². The molecule has 0 fully saturated rings. The number of primary amides is 1. The number of nitrogens with two attached hydrogens (primary N) is 1. The van der Waals surface area contributed by atoms with Crippen LogP contribution in [-0.4, -0.2) is 10.7 Å². The van der Waals surface area contributed by atoms with Crippen molar-refractivity contribution in [1.82, 2.24) is 0 Å². The van der Waals surface area contributed by atoms with Crippen molar-refractivity contribution in [2.75, 3.05) is 0 Å². The van der Waals surface area contributed by atoms with Crippen LogP contribution in [0.5, 0.6) is 0 Å². The van der Waals surface area contributed by atoms with E-state index in [9.17, 15) is 4.79 Å². The molecule has 2 nitrogen and oxygen atoms in total. The van der Waals surface area contributed by atoms with Crippen LogP contribution in [0.25, 0.3) is 0 Å². The molecule has 76 valence electrons. The van der Waals surface area contributed by atoms with Gasteiger partial charge in [-0.15, -0.1) is 0 Å². The molecule has 0 aliphatic carbocycles. The van der Waals surface area contributed by atoms with Crippen molar-refractivity contribution in [3.05, 3.63) is 34.3 Å². The van der Waals surface area contributed by atoms with Gasteiger partial charge in [0, 0.05) is 5.02 Å². The second-order valence-electron chi connectivity index (χ2n) is 3.17. The van der Waals surface area contributed by atoms with E-state index < -0.39 is 0 Å². The average Bonchev–Trinajstić information content (AvgIpc) is 2.09. The lowest BCUT2D eigenvalue weighted by Crippen LogP contribution is -2.25. The molecule has 0 radical (unpaired) electrons. The molecule has 2 N–H and O–H groups in total. The summed E-state index contributed by atoms with van der Waals surface area (Å²) in [5.74, 6) is -0.373. The van der Waals surface area contributed by atoms with Crippen LogP contribution < -0.4 is 5.73 Å². The molecule has 0 spiro atoms. The number of carbonyl (C=O) groups excluding carboxylic acids is 1. The first-order valence-electron chi connectivity index (χ1n) is 4.19. The van der Waals surface area contributed by atoms with Gasteiger partial charge in [-0.05, 0) is 30.5 Å². The third-order valence-corrected chi connectivity index (χ3v) is 3.04. The van der Waals surface area contributed by atoms with E-state index in [4.69, 9.17) is 17.3 Å². The molecule has 0 heterocycles. The highest BCUT2D eigenvalue weighted by Crippen LogP contribution is 2.20. The fraction of sp³-hybridized carbons (Fsp3) is 0.300. The Hall–Kier alpha value is -0.540. The van der Waals surface area contributed by atoms with E-state index in [2.05, 4.69) is 15.9 Å². The molecule has 4 heteroatoms. The van der Waals surface area contributed by atoms with Gasteiger partial charge >= 0.3 is 0 Å². The smallest absolute Gasteiger partial charge is 0.231 e. The summed E-state index contributed by atoms with van der Waals surface area (Å²) in [7, 11) is 0. The summed E-state index contributed by atoms with van der Waals surface area (Å²) in [5.41, 5.74) is 7.16. The number of carbonyl (C=O) groups is 1. The zero-order valence-corrected chi connectivity index (χ0v) is 10.1. The predicted molar refractivity (Wildman–Crippen MR) is 61.8 cm³/mol. The van der Waals surface area contributed by atoms with E-state index in [1.54, 1.807) is 0 Å². The third-order valence-electron chi connectivity index (χ3n) is 1.92. The number of hydrogen-bond donors (Lipinski definition) is 1. The van der Waals surface area contributed by atoms with Gasteiger partial charge in [0.05, 0.1) is 4.83 Å². The SMILES string of the molecule is Cc1ccc(CC(Br)C(N)=O)c(Cl)c1. The molecule has 1 unspecified atom stereocenters. The first-order valence-corrected chi connectivity index (χ1v) is 5.48. The summed E-state index contributed by atoms with van der Waals surface area (Å²) < 4.78 is 0. The van der Waals surface area contributed by atoms with Crippen LogP contribution in [0.15, 0.2) is 18.2 Å². The Morgan fingerprint density at radius 2 is 2.29 bits per heavy atom. The van der Waals surface area contributed by atoms with E-state index in [1.807, 2.05) is 25.1 Å². The molecule has 0 aliphatic rings. The van der Waals surface area contributed by atoms with Gasteiger partial charge in [0.1, 0.15) is 0 Å². The Morgan fingerprint density at radius 1 is 1.64 bits per heavy atom. The van der Waals surface area contributed by atoms with Gasteiger partial charge in [-0.2, -0.15) is 0 Å². The molecule has 0 aliphatic heterocycles. The maximum atomic E-state index is 10.8. The average molecular weight is 277 g/mol. The zero-order chi connectivity index (χ0) is 10.7. The number of amides is 1. The monoisotopic (exact) mass is 275 g/mol. The van der Waals surface area contributed by atoms with Crippen LogP contribution in [0, 0.1) is 6.92 Å². The molecule has 0 saturated carbocycles. The summed E-state index contributed by atoms with van der Waals surface area (Å²) in [6, 6.07) is 5.74. The first-order chi connectivity index (χ1) is 6.50. The second-order valence-corrected chi connectivity index (χ2v) is 4.68. The number of alkyl halides is 1. The Kier molecular flexibility index (Phi) is 3.96. The van der Waals surface area contributed by atoms with E-state index in [0.29, 0.717) is 11.4 Å². The molecule has 1 amide bonds. The van der Waals surface area contributed by atoms with Crippen molar-refractivity contribution in [2.24, 2.45) is 5.73 Å². The Morgan fingerprint density at radius 3 is 2.79 bits per heavy atom.